The third-order valence-electron chi connectivity index (χ3n) is 6.27. The average Bonchev–Trinajstić information content (AvgIpc) is 3.21. The maximum Gasteiger partial charge on any atom is 0.229 e. The number of nitrogens with one attached hydrogen (secondary N) is 3. The second-order valence-electron chi connectivity index (χ2n) is 8.06. The van der Waals surface area contributed by atoms with Crippen molar-refractivity contribution in [2.75, 3.05) is 10.6 Å². The molecule has 2 aromatic rings. The molecule has 0 spiro atoms. The number of amides is 2. The minimum atomic E-state index is -0.608. The van der Waals surface area contributed by atoms with Crippen LogP contribution in [0.1, 0.15) is 18.4 Å². The fourth-order valence-electron chi connectivity index (χ4n) is 5.15. The molecule has 2 saturated carbocycles. The highest BCUT2D eigenvalue weighted by Crippen LogP contribution is 2.49. The molecule has 2 amide bonds. The molecule has 6 bridgehead atoms. The van der Waals surface area contributed by atoms with Gasteiger partial charge in [-0.3, -0.25) is 9.59 Å². The lowest BCUT2D eigenvalue weighted by molar-refractivity contribution is -0.123. The molecule has 0 radical (unpaired) electrons. The Morgan fingerprint density at radius 1 is 1.24 bits per heavy atom. The van der Waals surface area contributed by atoms with Crippen molar-refractivity contribution in [3.63, 3.8) is 0 Å². The van der Waals surface area contributed by atoms with E-state index in [0.29, 0.717) is 12.1 Å². The number of nitrogens with two attached hydrogens (primary N) is 1. The predicted octanol–water partition coefficient (Wildman–Crippen LogP) is 1.32. The van der Waals surface area contributed by atoms with E-state index in [2.05, 4.69) is 25.9 Å². The molecule has 2 aliphatic carbocycles. The molecule has 9 heteroatoms. The number of anilines is 3. The molecule has 2 heterocycles. The minimum Gasteiger partial charge on any atom is -0.369 e. The quantitative estimate of drug-likeness (QED) is 0.577. The van der Waals surface area contributed by atoms with E-state index in [4.69, 9.17) is 5.73 Å². The third kappa shape index (κ3) is 3.16. The maximum absolute atomic E-state index is 14.4. The van der Waals surface area contributed by atoms with Crippen LogP contribution < -0.4 is 21.7 Å². The molecule has 1 aromatic heterocycles. The summed E-state index contributed by atoms with van der Waals surface area (Å²) in [6.07, 6.45) is 2.79. The Labute approximate surface area is 166 Å². The molecule has 3 aliphatic rings. The summed E-state index contributed by atoms with van der Waals surface area (Å²) in [6.45, 7) is 0. The molecule has 8 nitrogen and oxygen atoms in total. The second kappa shape index (κ2) is 6.68. The Balaban J connectivity index is 1.56. The van der Waals surface area contributed by atoms with Gasteiger partial charge in [0.1, 0.15) is 0 Å². The van der Waals surface area contributed by atoms with Gasteiger partial charge in [-0.05, 0) is 36.5 Å². The Kier molecular flexibility index (Phi) is 4.11. The summed E-state index contributed by atoms with van der Waals surface area (Å²) in [7, 11) is 0. The van der Waals surface area contributed by atoms with Crippen LogP contribution in [0.2, 0.25) is 0 Å². The van der Waals surface area contributed by atoms with Gasteiger partial charge in [-0.25, -0.2) is 9.37 Å². The molecule has 0 unspecified atom stereocenters. The summed E-state index contributed by atoms with van der Waals surface area (Å²) in [5.41, 5.74) is 7.20. The zero-order chi connectivity index (χ0) is 20.1. The van der Waals surface area contributed by atoms with Crippen LogP contribution in [0.5, 0.6) is 0 Å². The number of hydrogen-bond donors (Lipinski definition) is 4. The normalized spacial score (nSPS) is 30.0. The van der Waals surface area contributed by atoms with Crippen molar-refractivity contribution in [3.05, 3.63) is 41.8 Å². The van der Waals surface area contributed by atoms with Crippen LogP contribution in [0, 0.1) is 23.6 Å². The first-order valence-electron chi connectivity index (χ1n) is 9.71. The Hall–Kier alpha value is -3.23. The molecule has 5 N–H and O–H groups in total. The number of halogens is 1. The topological polar surface area (TPSA) is 122 Å². The standard InChI is InChI=1S/C20H21FN6O2/c21-13-8-23-20-24-11-3-1-2-9(4-11)5-15(28)25-14-7-10-6-12(14)17(16(10)18(22)29)26-19(13)27-20/h1-4,8,10,12,14,16-17H,5-7H2,(H2,22,29)(H,25,28)(H2,23,24,26,27)/t10-,12+,14+,16-,17+/m0/s1. The van der Waals surface area contributed by atoms with Crippen LogP contribution in [0.15, 0.2) is 30.5 Å². The zero-order valence-electron chi connectivity index (χ0n) is 15.6. The molecule has 5 atom stereocenters. The molecule has 1 aliphatic heterocycles. The Bertz CT molecular complexity index is 999. The number of rotatable bonds is 1. The summed E-state index contributed by atoms with van der Waals surface area (Å²) in [6, 6.07) is 6.90. The van der Waals surface area contributed by atoms with E-state index in [1.165, 1.54) is 0 Å². The zero-order valence-corrected chi connectivity index (χ0v) is 15.6. The smallest absolute Gasteiger partial charge is 0.229 e. The van der Waals surface area contributed by atoms with Gasteiger partial charge in [-0.2, -0.15) is 4.98 Å². The molecule has 29 heavy (non-hydrogen) atoms. The molecule has 5 rings (SSSR count). The van der Waals surface area contributed by atoms with Crippen LogP contribution in [0.25, 0.3) is 0 Å². The van der Waals surface area contributed by atoms with Gasteiger partial charge in [0.2, 0.25) is 17.8 Å². The second-order valence-corrected chi connectivity index (χ2v) is 8.06. The lowest BCUT2D eigenvalue weighted by atomic mass is 9.81. The number of carbonyl (C=O) groups excluding carboxylic acids is 2. The van der Waals surface area contributed by atoms with Crippen LogP contribution in [-0.4, -0.2) is 33.9 Å². The van der Waals surface area contributed by atoms with Crippen LogP contribution in [0.4, 0.5) is 21.8 Å². The van der Waals surface area contributed by atoms with Crippen LogP contribution >= 0.6 is 0 Å². The van der Waals surface area contributed by atoms with Crippen LogP contribution in [0.3, 0.4) is 0 Å². The van der Waals surface area contributed by atoms with Gasteiger partial charge in [-0.15, -0.1) is 0 Å². The highest BCUT2D eigenvalue weighted by atomic mass is 19.1. The summed E-state index contributed by atoms with van der Waals surface area (Å²) in [4.78, 5) is 33.0. The van der Waals surface area contributed by atoms with Crippen molar-refractivity contribution in [2.45, 2.75) is 31.3 Å². The van der Waals surface area contributed by atoms with Crippen molar-refractivity contribution >= 4 is 29.3 Å². The highest BCUT2D eigenvalue weighted by molar-refractivity contribution is 5.81. The van der Waals surface area contributed by atoms with Crippen molar-refractivity contribution in [2.24, 2.45) is 23.5 Å². The van der Waals surface area contributed by atoms with Crippen LogP contribution in [-0.2, 0) is 16.0 Å². The number of hydrogen-bond acceptors (Lipinski definition) is 6. The molecule has 1 aromatic carbocycles. The van der Waals surface area contributed by atoms with E-state index in [1.807, 2.05) is 24.3 Å². The maximum atomic E-state index is 14.4. The van der Waals surface area contributed by atoms with E-state index in [9.17, 15) is 14.0 Å². The summed E-state index contributed by atoms with van der Waals surface area (Å²) in [5, 5.41) is 9.24. The first kappa shape index (κ1) is 17.8. The van der Waals surface area contributed by atoms with E-state index in [0.717, 1.165) is 18.2 Å². The van der Waals surface area contributed by atoms with Crippen molar-refractivity contribution in [3.8, 4) is 0 Å². The fourth-order valence-corrected chi connectivity index (χ4v) is 5.15. The minimum absolute atomic E-state index is 0.0181. The van der Waals surface area contributed by atoms with Gasteiger partial charge in [0, 0.05) is 23.7 Å². The van der Waals surface area contributed by atoms with Crippen molar-refractivity contribution < 1.29 is 14.0 Å². The summed E-state index contributed by atoms with van der Waals surface area (Å²) >= 11 is 0. The van der Waals surface area contributed by atoms with E-state index < -0.39 is 23.7 Å². The van der Waals surface area contributed by atoms with E-state index >= 15 is 0 Å². The number of aromatic nitrogens is 2. The first-order chi connectivity index (χ1) is 14.0. The Morgan fingerprint density at radius 2 is 2.10 bits per heavy atom. The first-order valence-corrected chi connectivity index (χ1v) is 9.71. The Morgan fingerprint density at radius 3 is 2.93 bits per heavy atom. The van der Waals surface area contributed by atoms with Gasteiger partial charge in [0.05, 0.1) is 18.5 Å². The number of primary amides is 1. The van der Waals surface area contributed by atoms with Gasteiger partial charge in [0.15, 0.2) is 11.6 Å². The number of carbonyl (C=O) groups is 2. The molecular formula is C20H21FN6O2. The third-order valence-corrected chi connectivity index (χ3v) is 6.27. The van der Waals surface area contributed by atoms with Gasteiger partial charge < -0.3 is 21.7 Å². The number of nitrogens with zero attached hydrogens (tertiary/aromatic N) is 2. The van der Waals surface area contributed by atoms with Gasteiger partial charge in [0.25, 0.3) is 0 Å². The lowest BCUT2D eigenvalue weighted by Gasteiger charge is -2.35. The van der Waals surface area contributed by atoms with Gasteiger partial charge >= 0.3 is 0 Å². The SMILES string of the molecule is NC(=O)[C@H]1[C@H]2C[C@H]3[C@H]1Nc1nc(ncc1F)Nc1cccc(c1)CC(=O)N[C@@H]3C2. The average molecular weight is 396 g/mol. The number of fused-ring (bicyclic) bond motifs is 5. The molecule has 0 saturated heterocycles. The highest BCUT2D eigenvalue weighted by Gasteiger charge is 2.55. The molecular weight excluding hydrogens is 375 g/mol. The molecule has 2 fully saturated rings. The van der Waals surface area contributed by atoms with E-state index in [1.54, 1.807) is 0 Å². The van der Waals surface area contributed by atoms with Crippen molar-refractivity contribution in [1.82, 2.24) is 15.3 Å². The van der Waals surface area contributed by atoms with E-state index in [-0.39, 0.29) is 42.0 Å². The van der Waals surface area contributed by atoms with Gasteiger partial charge in [-0.1, -0.05) is 12.1 Å². The summed E-state index contributed by atoms with van der Waals surface area (Å²) in [5.74, 6) is -1.26. The molecule has 150 valence electrons. The van der Waals surface area contributed by atoms with Crippen molar-refractivity contribution in [1.29, 1.82) is 0 Å². The lowest BCUT2D eigenvalue weighted by Crippen LogP contribution is -2.52. The predicted molar refractivity (Wildman–Crippen MR) is 104 cm³/mol. The monoisotopic (exact) mass is 396 g/mol. The largest absolute Gasteiger partial charge is 0.369 e. The fraction of sp³-hybridized carbons (Fsp3) is 0.400. The summed E-state index contributed by atoms with van der Waals surface area (Å²) < 4.78 is 14.4. The number of benzene rings is 1.